The lowest BCUT2D eigenvalue weighted by atomic mass is 9.87. The Morgan fingerprint density at radius 2 is 2.09 bits per heavy atom. The second-order valence-electron chi connectivity index (χ2n) is 6.06. The van der Waals surface area contributed by atoms with Crippen molar-refractivity contribution < 1.29 is 4.79 Å². The van der Waals surface area contributed by atoms with Crippen LogP contribution in [-0.2, 0) is 4.79 Å². The molecule has 0 aliphatic heterocycles. The number of rotatable bonds is 3. The van der Waals surface area contributed by atoms with E-state index >= 15 is 0 Å². The maximum absolute atomic E-state index is 12.5. The third-order valence-electron chi connectivity index (χ3n) is 4.38. The van der Waals surface area contributed by atoms with Gasteiger partial charge in [-0.3, -0.25) is 14.0 Å². The first-order valence-corrected chi connectivity index (χ1v) is 7.93. The Kier molecular flexibility index (Phi) is 4.22. The number of anilines is 1. The summed E-state index contributed by atoms with van der Waals surface area (Å²) in [6.45, 7) is 1.75. The van der Waals surface area contributed by atoms with Gasteiger partial charge in [0.25, 0.3) is 5.56 Å². The molecule has 2 aromatic heterocycles. The first kappa shape index (κ1) is 14.8. The summed E-state index contributed by atoms with van der Waals surface area (Å²) >= 11 is 0. The molecule has 0 atom stereocenters. The molecule has 0 unspecified atom stereocenters. The first-order valence-electron chi connectivity index (χ1n) is 7.93. The second kappa shape index (κ2) is 6.30. The van der Waals surface area contributed by atoms with Crippen LogP contribution in [0.5, 0.6) is 0 Å². The number of aromatic nitrogens is 2. The smallest absolute Gasteiger partial charge is 0.281 e. The Morgan fingerprint density at radius 3 is 2.86 bits per heavy atom. The van der Waals surface area contributed by atoms with Crippen LogP contribution in [0.15, 0.2) is 29.2 Å². The predicted octanol–water partition coefficient (Wildman–Crippen LogP) is 2.91. The molecule has 1 fully saturated rings. The van der Waals surface area contributed by atoms with Crippen LogP contribution in [0.3, 0.4) is 0 Å². The zero-order valence-electron chi connectivity index (χ0n) is 12.8. The van der Waals surface area contributed by atoms with Crippen molar-refractivity contribution in [1.82, 2.24) is 9.38 Å². The molecular weight excluding hydrogens is 278 g/mol. The normalized spacial score (nSPS) is 15.9. The Labute approximate surface area is 129 Å². The van der Waals surface area contributed by atoms with E-state index in [9.17, 15) is 9.59 Å². The molecule has 0 bridgehead atoms. The third kappa shape index (κ3) is 3.03. The van der Waals surface area contributed by atoms with Gasteiger partial charge in [0.15, 0.2) is 0 Å². The van der Waals surface area contributed by atoms with Gasteiger partial charge in [-0.2, -0.15) is 0 Å². The molecular formula is C17H21N3O2. The van der Waals surface area contributed by atoms with Crippen LogP contribution < -0.4 is 10.9 Å². The molecule has 1 N–H and O–H groups in total. The van der Waals surface area contributed by atoms with Crippen LogP contribution in [0.4, 0.5) is 5.69 Å². The summed E-state index contributed by atoms with van der Waals surface area (Å²) in [4.78, 5) is 29.1. The molecule has 1 aliphatic rings. The Bertz CT molecular complexity index is 745. The molecule has 2 heterocycles. The molecule has 22 heavy (non-hydrogen) atoms. The van der Waals surface area contributed by atoms with Crippen LogP contribution in [0, 0.1) is 12.8 Å². The van der Waals surface area contributed by atoms with Gasteiger partial charge in [-0.25, -0.2) is 4.98 Å². The van der Waals surface area contributed by atoms with Crippen molar-refractivity contribution in [2.24, 2.45) is 5.92 Å². The van der Waals surface area contributed by atoms with E-state index in [-0.39, 0.29) is 11.5 Å². The number of hydrogen-bond donors (Lipinski definition) is 1. The summed E-state index contributed by atoms with van der Waals surface area (Å²) in [6.07, 6.45) is 8.07. The summed E-state index contributed by atoms with van der Waals surface area (Å²) in [5.74, 6) is 0.370. The van der Waals surface area contributed by atoms with Gasteiger partial charge >= 0.3 is 0 Å². The highest BCUT2D eigenvalue weighted by atomic mass is 16.2. The number of nitrogens with one attached hydrogen (secondary N) is 1. The summed E-state index contributed by atoms with van der Waals surface area (Å²) in [5, 5.41) is 2.78. The van der Waals surface area contributed by atoms with Crippen LogP contribution >= 0.6 is 0 Å². The number of fused-ring (bicyclic) bond motifs is 1. The molecule has 1 saturated carbocycles. The average Bonchev–Trinajstić information content (AvgIpc) is 2.52. The largest absolute Gasteiger partial charge is 0.320 e. The molecule has 5 heteroatoms. The van der Waals surface area contributed by atoms with Gasteiger partial charge < -0.3 is 5.32 Å². The maximum atomic E-state index is 12.5. The van der Waals surface area contributed by atoms with Crippen molar-refractivity contribution in [3.63, 3.8) is 0 Å². The second-order valence-corrected chi connectivity index (χ2v) is 6.06. The fraction of sp³-hybridized carbons (Fsp3) is 0.471. The summed E-state index contributed by atoms with van der Waals surface area (Å²) in [7, 11) is 0. The minimum Gasteiger partial charge on any atom is -0.320 e. The van der Waals surface area contributed by atoms with Crippen LogP contribution in [-0.4, -0.2) is 15.3 Å². The van der Waals surface area contributed by atoms with Crippen LogP contribution in [0.1, 0.15) is 44.2 Å². The van der Waals surface area contributed by atoms with Gasteiger partial charge in [0.1, 0.15) is 11.3 Å². The van der Waals surface area contributed by atoms with E-state index in [1.165, 1.54) is 23.7 Å². The SMILES string of the molecule is Cc1nc2ccccn2c(=O)c1NC(=O)CC1CCCCC1. The van der Waals surface area contributed by atoms with Crippen LogP contribution in [0.2, 0.25) is 0 Å². The minimum absolute atomic E-state index is 0.0789. The first-order chi connectivity index (χ1) is 10.6. The van der Waals surface area contributed by atoms with Crippen molar-refractivity contribution in [2.75, 3.05) is 5.32 Å². The molecule has 2 aromatic rings. The van der Waals surface area contributed by atoms with Gasteiger partial charge in [0.05, 0.1) is 5.69 Å². The Morgan fingerprint density at radius 1 is 1.32 bits per heavy atom. The van der Waals surface area contributed by atoms with Crippen molar-refractivity contribution in [3.8, 4) is 0 Å². The standard InChI is InChI=1S/C17H21N3O2/c1-12-16(17(22)20-10-6-5-9-14(20)18-12)19-15(21)11-13-7-3-2-4-8-13/h5-6,9-10,13H,2-4,7-8,11H2,1H3,(H,19,21). The molecule has 0 spiro atoms. The number of amides is 1. The van der Waals surface area contributed by atoms with Crippen molar-refractivity contribution in [3.05, 3.63) is 40.4 Å². The number of hydrogen-bond acceptors (Lipinski definition) is 3. The topological polar surface area (TPSA) is 63.5 Å². The number of aryl methyl sites for hydroxylation is 1. The molecule has 0 saturated heterocycles. The summed E-state index contributed by atoms with van der Waals surface area (Å²) < 4.78 is 1.46. The molecule has 3 rings (SSSR count). The fourth-order valence-corrected chi connectivity index (χ4v) is 3.19. The van der Waals surface area contributed by atoms with E-state index in [1.54, 1.807) is 25.3 Å². The number of carbonyl (C=O) groups excluding carboxylic acids is 1. The quantitative estimate of drug-likeness (QED) is 0.947. The Balaban J connectivity index is 1.81. The predicted molar refractivity (Wildman–Crippen MR) is 86.0 cm³/mol. The highest BCUT2D eigenvalue weighted by Crippen LogP contribution is 2.26. The lowest BCUT2D eigenvalue weighted by Gasteiger charge is -2.20. The lowest BCUT2D eigenvalue weighted by molar-refractivity contribution is -0.117. The molecule has 0 radical (unpaired) electrons. The zero-order valence-corrected chi connectivity index (χ0v) is 12.8. The molecule has 1 amide bonds. The molecule has 0 aromatic carbocycles. The molecule has 1 aliphatic carbocycles. The minimum atomic E-state index is -0.222. The van der Waals surface area contributed by atoms with E-state index < -0.39 is 0 Å². The molecule has 116 valence electrons. The third-order valence-corrected chi connectivity index (χ3v) is 4.38. The van der Waals surface area contributed by atoms with E-state index in [0.29, 0.717) is 29.4 Å². The van der Waals surface area contributed by atoms with Crippen molar-refractivity contribution in [2.45, 2.75) is 45.4 Å². The van der Waals surface area contributed by atoms with Gasteiger partial charge in [0.2, 0.25) is 5.91 Å². The summed E-state index contributed by atoms with van der Waals surface area (Å²) in [5.41, 5.74) is 1.23. The van der Waals surface area contributed by atoms with Crippen molar-refractivity contribution >= 4 is 17.2 Å². The van der Waals surface area contributed by atoms with Crippen LogP contribution in [0.25, 0.3) is 5.65 Å². The van der Waals surface area contributed by atoms with E-state index in [1.807, 2.05) is 6.07 Å². The Hall–Kier alpha value is -2.17. The maximum Gasteiger partial charge on any atom is 0.281 e. The van der Waals surface area contributed by atoms with E-state index in [4.69, 9.17) is 0 Å². The average molecular weight is 299 g/mol. The van der Waals surface area contributed by atoms with Crippen molar-refractivity contribution in [1.29, 1.82) is 0 Å². The zero-order chi connectivity index (χ0) is 15.5. The van der Waals surface area contributed by atoms with Gasteiger partial charge in [-0.15, -0.1) is 0 Å². The number of pyridine rings is 1. The molecule has 5 nitrogen and oxygen atoms in total. The highest BCUT2D eigenvalue weighted by Gasteiger charge is 2.19. The fourth-order valence-electron chi connectivity index (χ4n) is 3.19. The monoisotopic (exact) mass is 299 g/mol. The van der Waals surface area contributed by atoms with Gasteiger partial charge in [0, 0.05) is 12.6 Å². The van der Waals surface area contributed by atoms with E-state index in [0.717, 1.165) is 12.8 Å². The van der Waals surface area contributed by atoms with Gasteiger partial charge in [-0.1, -0.05) is 25.3 Å². The van der Waals surface area contributed by atoms with E-state index in [2.05, 4.69) is 10.3 Å². The lowest BCUT2D eigenvalue weighted by Crippen LogP contribution is -2.26. The van der Waals surface area contributed by atoms with Gasteiger partial charge in [-0.05, 0) is 37.8 Å². The number of carbonyl (C=O) groups is 1. The number of nitrogens with zero attached hydrogens (tertiary/aromatic N) is 2. The highest BCUT2D eigenvalue weighted by molar-refractivity contribution is 5.91. The summed E-state index contributed by atoms with van der Waals surface area (Å²) in [6, 6.07) is 5.39.